The van der Waals surface area contributed by atoms with Crippen molar-refractivity contribution in [2.75, 3.05) is 19.1 Å². The Hall–Kier alpha value is -2.29. The van der Waals surface area contributed by atoms with Crippen LogP contribution in [0.3, 0.4) is 0 Å². The standard InChI is InChI=1S/C17H17NO2/c1-17(13-9-5-7-11-15(13)20-3)12-8-4-6-10-14(12)18(2)16(17)19/h4-11H,1-3H3/t17-/m0/s1. The number of likely N-dealkylation sites (N-methyl/N-ethyl adjacent to an activating group) is 1. The van der Waals surface area contributed by atoms with Crippen molar-refractivity contribution in [3.05, 3.63) is 59.7 Å². The zero-order chi connectivity index (χ0) is 14.3. The number of benzene rings is 2. The lowest BCUT2D eigenvalue weighted by Gasteiger charge is -2.25. The molecule has 1 aliphatic rings. The molecule has 2 aromatic carbocycles. The third kappa shape index (κ3) is 1.49. The van der Waals surface area contributed by atoms with Gasteiger partial charge in [-0.05, 0) is 24.6 Å². The van der Waals surface area contributed by atoms with Crippen molar-refractivity contribution in [3.63, 3.8) is 0 Å². The Morgan fingerprint density at radius 2 is 1.60 bits per heavy atom. The Labute approximate surface area is 118 Å². The topological polar surface area (TPSA) is 29.5 Å². The van der Waals surface area contributed by atoms with Crippen molar-refractivity contribution in [1.82, 2.24) is 0 Å². The van der Waals surface area contributed by atoms with Gasteiger partial charge in [0.1, 0.15) is 11.2 Å². The molecule has 0 N–H and O–H groups in total. The van der Waals surface area contributed by atoms with Crippen LogP contribution in [0.2, 0.25) is 0 Å². The highest BCUT2D eigenvalue weighted by atomic mass is 16.5. The number of methoxy groups -OCH3 is 1. The number of carbonyl (C=O) groups excluding carboxylic acids is 1. The fraction of sp³-hybridized carbons (Fsp3) is 0.235. The first-order chi connectivity index (χ1) is 9.60. The number of amides is 1. The molecular formula is C17H17NO2. The number of para-hydroxylation sites is 2. The maximum Gasteiger partial charge on any atom is 0.241 e. The molecule has 0 aromatic heterocycles. The molecule has 0 saturated carbocycles. The maximum absolute atomic E-state index is 12.8. The van der Waals surface area contributed by atoms with Crippen molar-refractivity contribution in [3.8, 4) is 5.75 Å². The third-order valence-electron chi connectivity index (χ3n) is 4.18. The summed E-state index contributed by atoms with van der Waals surface area (Å²) in [6.07, 6.45) is 0. The average molecular weight is 267 g/mol. The molecule has 1 amide bonds. The van der Waals surface area contributed by atoms with Crippen molar-refractivity contribution in [1.29, 1.82) is 0 Å². The molecule has 0 aliphatic carbocycles. The van der Waals surface area contributed by atoms with Gasteiger partial charge in [0.25, 0.3) is 0 Å². The van der Waals surface area contributed by atoms with Gasteiger partial charge in [-0.25, -0.2) is 0 Å². The zero-order valence-electron chi connectivity index (χ0n) is 11.9. The van der Waals surface area contributed by atoms with Crippen molar-refractivity contribution in [2.45, 2.75) is 12.3 Å². The number of fused-ring (bicyclic) bond motifs is 1. The molecule has 3 heteroatoms. The summed E-state index contributed by atoms with van der Waals surface area (Å²) in [4.78, 5) is 14.5. The fourth-order valence-electron chi connectivity index (χ4n) is 3.07. The predicted octanol–water partition coefficient (Wildman–Crippen LogP) is 2.98. The highest BCUT2D eigenvalue weighted by Gasteiger charge is 2.48. The Kier molecular flexibility index (Phi) is 2.78. The van der Waals surface area contributed by atoms with Gasteiger partial charge in [-0.1, -0.05) is 36.4 Å². The van der Waals surface area contributed by atoms with E-state index in [2.05, 4.69) is 0 Å². The molecule has 102 valence electrons. The maximum atomic E-state index is 12.8. The number of hydrogen-bond acceptors (Lipinski definition) is 2. The van der Waals surface area contributed by atoms with E-state index in [1.54, 1.807) is 12.0 Å². The summed E-state index contributed by atoms with van der Waals surface area (Å²) in [5.41, 5.74) is 2.20. The van der Waals surface area contributed by atoms with Crippen molar-refractivity contribution >= 4 is 11.6 Å². The lowest BCUT2D eigenvalue weighted by atomic mass is 9.77. The fourth-order valence-corrected chi connectivity index (χ4v) is 3.07. The van der Waals surface area contributed by atoms with E-state index in [-0.39, 0.29) is 5.91 Å². The first kappa shape index (κ1) is 12.7. The van der Waals surface area contributed by atoms with Gasteiger partial charge in [-0.2, -0.15) is 0 Å². The molecule has 20 heavy (non-hydrogen) atoms. The van der Waals surface area contributed by atoms with E-state index < -0.39 is 5.41 Å². The van der Waals surface area contributed by atoms with Crippen LogP contribution in [0.1, 0.15) is 18.1 Å². The van der Waals surface area contributed by atoms with E-state index in [0.29, 0.717) is 0 Å². The molecule has 3 rings (SSSR count). The quantitative estimate of drug-likeness (QED) is 0.837. The molecule has 0 spiro atoms. The largest absolute Gasteiger partial charge is 0.496 e. The summed E-state index contributed by atoms with van der Waals surface area (Å²) in [5, 5.41) is 0. The number of rotatable bonds is 2. The normalized spacial score (nSPS) is 20.9. The van der Waals surface area contributed by atoms with Gasteiger partial charge in [0.2, 0.25) is 5.91 Å². The first-order valence-electron chi connectivity index (χ1n) is 6.62. The van der Waals surface area contributed by atoms with Crippen LogP contribution in [0, 0.1) is 0 Å². The van der Waals surface area contributed by atoms with E-state index >= 15 is 0 Å². The molecular weight excluding hydrogens is 250 g/mol. The van der Waals surface area contributed by atoms with Gasteiger partial charge < -0.3 is 9.64 Å². The summed E-state index contributed by atoms with van der Waals surface area (Å²) in [6.45, 7) is 1.97. The van der Waals surface area contributed by atoms with Gasteiger partial charge in [-0.15, -0.1) is 0 Å². The summed E-state index contributed by atoms with van der Waals surface area (Å²) in [6, 6.07) is 15.6. The second-order valence-corrected chi connectivity index (χ2v) is 5.21. The molecule has 1 aliphatic heterocycles. The Morgan fingerprint density at radius 3 is 2.30 bits per heavy atom. The SMILES string of the molecule is COc1ccccc1[C@@]1(C)C(=O)N(C)c2ccccc21. The second-order valence-electron chi connectivity index (χ2n) is 5.21. The monoisotopic (exact) mass is 267 g/mol. The second kappa shape index (κ2) is 4.37. The summed E-state index contributed by atoms with van der Waals surface area (Å²) in [7, 11) is 3.46. The van der Waals surface area contributed by atoms with Gasteiger partial charge in [0, 0.05) is 18.3 Å². The number of anilines is 1. The highest BCUT2D eigenvalue weighted by Crippen LogP contribution is 2.47. The molecule has 0 fully saturated rings. The highest BCUT2D eigenvalue weighted by molar-refractivity contribution is 6.10. The van der Waals surface area contributed by atoms with Gasteiger partial charge in [-0.3, -0.25) is 4.79 Å². The van der Waals surface area contributed by atoms with Crippen LogP contribution in [0.15, 0.2) is 48.5 Å². The summed E-state index contributed by atoms with van der Waals surface area (Å²) < 4.78 is 5.45. The van der Waals surface area contributed by atoms with Crippen LogP contribution in [-0.4, -0.2) is 20.1 Å². The number of nitrogens with zero attached hydrogens (tertiary/aromatic N) is 1. The lowest BCUT2D eigenvalue weighted by molar-refractivity contribution is -0.121. The van der Waals surface area contributed by atoms with Crippen LogP contribution in [0.4, 0.5) is 5.69 Å². The lowest BCUT2D eigenvalue weighted by Crippen LogP contribution is -2.37. The molecule has 2 aromatic rings. The molecule has 0 saturated heterocycles. The molecule has 0 unspecified atom stereocenters. The van der Waals surface area contributed by atoms with Crippen LogP contribution >= 0.6 is 0 Å². The molecule has 0 radical (unpaired) electrons. The third-order valence-corrected chi connectivity index (χ3v) is 4.18. The number of ether oxygens (including phenoxy) is 1. The van der Waals surface area contributed by atoms with Gasteiger partial charge in [0.15, 0.2) is 0 Å². The first-order valence-corrected chi connectivity index (χ1v) is 6.62. The van der Waals surface area contributed by atoms with Gasteiger partial charge >= 0.3 is 0 Å². The smallest absolute Gasteiger partial charge is 0.241 e. The van der Waals surface area contributed by atoms with E-state index in [0.717, 1.165) is 22.6 Å². The average Bonchev–Trinajstić information content (AvgIpc) is 2.70. The minimum Gasteiger partial charge on any atom is -0.496 e. The van der Waals surface area contributed by atoms with Crippen LogP contribution in [0.5, 0.6) is 5.75 Å². The van der Waals surface area contributed by atoms with Crippen LogP contribution in [-0.2, 0) is 10.2 Å². The van der Waals surface area contributed by atoms with E-state index in [1.165, 1.54) is 0 Å². The summed E-state index contributed by atoms with van der Waals surface area (Å²) in [5.74, 6) is 0.816. The van der Waals surface area contributed by atoms with Crippen molar-refractivity contribution in [2.24, 2.45) is 0 Å². The molecule has 3 nitrogen and oxygen atoms in total. The molecule has 1 atom stereocenters. The van der Waals surface area contributed by atoms with Gasteiger partial charge in [0.05, 0.1) is 7.11 Å². The molecule has 0 bridgehead atoms. The molecule has 1 heterocycles. The Morgan fingerprint density at radius 1 is 1.00 bits per heavy atom. The predicted molar refractivity (Wildman–Crippen MR) is 79.3 cm³/mol. The Balaban J connectivity index is 2.29. The summed E-state index contributed by atoms with van der Waals surface area (Å²) >= 11 is 0. The zero-order valence-corrected chi connectivity index (χ0v) is 11.9. The van der Waals surface area contributed by atoms with E-state index in [4.69, 9.17) is 4.74 Å². The van der Waals surface area contributed by atoms with E-state index in [1.807, 2.05) is 62.5 Å². The minimum atomic E-state index is -0.696. The Bertz CT molecular complexity index is 680. The van der Waals surface area contributed by atoms with Crippen LogP contribution in [0.25, 0.3) is 0 Å². The van der Waals surface area contributed by atoms with E-state index in [9.17, 15) is 4.79 Å². The van der Waals surface area contributed by atoms with Crippen molar-refractivity contribution < 1.29 is 9.53 Å². The number of carbonyl (C=O) groups is 1. The van der Waals surface area contributed by atoms with Crippen LogP contribution < -0.4 is 9.64 Å². The number of hydrogen-bond donors (Lipinski definition) is 0. The minimum absolute atomic E-state index is 0.0724.